The number of hydrogen-bond donors (Lipinski definition) is 0. The molecule has 1 aliphatic heterocycles. The van der Waals surface area contributed by atoms with E-state index in [1.54, 1.807) is 0 Å². The van der Waals surface area contributed by atoms with Gasteiger partial charge in [-0.05, 0) is 49.1 Å². The molecule has 1 heterocycles. The number of ether oxygens (including phenoxy) is 2. The Hall–Kier alpha value is -2.29. The molecule has 2 unspecified atom stereocenters. The zero-order valence-corrected chi connectivity index (χ0v) is 18.5. The van der Waals surface area contributed by atoms with Crippen molar-refractivity contribution in [3.63, 3.8) is 0 Å². The van der Waals surface area contributed by atoms with Crippen LogP contribution in [0.15, 0.2) is 24.3 Å². The molecule has 2 aromatic rings. The summed E-state index contributed by atoms with van der Waals surface area (Å²) < 4.78 is 108. The molecule has 2 fully saturated rings. The maximum Gasteiger partial charge on any atom is 0.429 e. The zero-order chi connectivity index (χ0) is 24.6. The number of rotatable bonds is 5. The van der Waals surface area contributed by atoms with Crippen molar-refractivity contribution in [2.45, 2.75) is 63.6 Å². The lowest BCUT2D eigenvalue weighted by atomic mass is 9.77. The average molecular weight is 490 g/mol. The van der Waals surface area contributed by atoms with Crippen LogP contribution in [0.25, 0.3) is 0 Å². The molecule has 34 heavy (non-hydrogen) atoms. The summed E-state index contributed by atoms with van der Waals surface area (Å²) >= 11 is 0. The molecule has 9 heteroatoms. The van der Waals surface area contributed by atoms with Gasteiger partial charge in [0.05, 0.1) is 12.7 Å². The predicted molar refractivity (Wildman–Crippen MR) is 110 cm³/mol. The predicted octanol–water partition coefficient (Wildman–Crippen LogP) is 7.60. The van der Waals surface area contributed by atoms with Crippen molar-refractivity contribution >= 4 is 0 Å². The quantitative estimate of drug-likeness (QED) is 0.317. The summed E-state index contributed by atoms with van der Waals surface area (Å²) in [4.78, 5) is 0. The lowest BCUT2D eigenvalue weighted by Crippen LogP contribution is -2.33. The van der Waals surface area contributed by atoms with Crippen LogP contribution < -0.4 is 4.74 Å². The minimum absolute atomic E-state index is 0.0603. The van der Waals surface area contributed by atoms with Crippen LogP contribution in [0.2, 0.25) is 0 Å². The van der Waals surface area contributed by atoms with Gasteiger partial charge in [0.15, 0.2) is 29.1 Å². The lowest BCUT2D eigenvalue weighted by molar-refractivity contribution is -0.188. The van der Waals surface area contributed by atoms with Gasteiger partial charge < -0.3 is 9.47 Å². The number of benzene rings is 2. The highest BCUT2D eigenvalue weighted by molar-refractivity contribution is 5.33. The van der Waals surface area contributed by atoms with E-state index in [9.17, 15) is 30.7 Å². The van der Waals surface area contributed by atoms with Crippen molar-refractivity contribution < 1.29 is 40.2 Å². The fourth-order valence-corrected chi connectivity index (χ4v) is 4.95. The summed E-state index contributed by atoms with van der Waals surface area (Å²) in [6.45, 7) is 2.38. The Balaban J connectivity index is 1.47. The zero-order valence-electron chi connectivity index (χ0n) is 18.5. The monoisotopic (exact) mass is 490 g/mol. The maximum atomic E-state index is 14.8. The van der Waals surface area contributed by atoms with Crippen molar-refractivity contribution in [3.05, 3.63) is 64.5 Å². The summed E-state index contributed by atoms with van der Waals surface area (Å²) in [5.74, 6) is -9.08. The highest BCUT2D eigenvalue weighted by Gasteiger charge is 2.41. The van der Waals surface area contributed by atoms with E-state index in [4.69, 9.17) is 4.74 Å². The van der Waals surface area contributed by atoms with Crippen molar-refractivity contribution in [1.29, 1.82) is 0 Å². The van der Waals surface area contributed by atoms with Gasteiger partial charge in [0.2, 0.25) is 0 Å². The van der Waals surface area contributed by atoms with E-state index in [2.05, 4.69) is 11.7 Å². The fraction of sp³-hybridized carbons (Fsp3) is 0.520. The first-order chi connectivity index (χ1) is 16.1. The van der Waals surface area contributed by atoms with Crippen LogP contribution in [0, 0.1) is 40.9 Å². The molecule has 1 saturated carbocycles. The summed E-state index contributed by atoms with van der Waals surface area (Å²) in [7, 11) is 0. The van der Waals surface area contributed by atoms with E-state index < -0.39 is 52.4 Å². The van der Waals surface area contributed by atoms with Crippen molar-refractivity contribution in [2.75, 3.05) is 6.61 Å². The second kappa shape index (κ2) is 9.76. The van der Waals surface area contributed by atoms with Crippen LogP contribution in [-0.2, 0) is 10.8 Å². The Morgan fingerprint density at radius 3 is 2.06 bits per heavy atom. The van der Waals surface area contributed by atoms with Crippen LogP contribution in [0.5, 0.6) is 5.75 Å². The maximum absolute atomic E-state index is 14.8. The molecule has 2 aliphatic rings. The third kappa shape index (κ3) is 5.04. The first kappa shape index (κ1) is 24.8. The van der Waals surface area contributed by atoms with Gasteiger partial charge in [-0.25, -0.2) is 22.0 Å². The SMILES string of the molecule is CC1CCC(C2CCC(c3ccc(C(F)(F)Oc4cc(F)c(F)c(F)c4)c(F)c3F)CO2)CC1. The summed E-state index contributed by atoms with van der Waals surface area (Å²) in [6.07, 6.45) is 1.24. The second-order valence-corrected chi connectivity index (χ2v) is 9.32. The second-order valence-electron chi connectivity index (χ2n) is 9.32. The Morgan fingerprint density at radius 2 is 1.47 bits per heavy atom. The molecular formula is C25H25F7O2. The van der Waals surface area contributed by atoms with E-state index in [1.807, 2.05) is 0 Å². The number of hydrogen-bond acceptors (Lipinski definition) is 2. The average Bonchev–Trinajstić information content (AvgIpc) is 2.79. The third-order valence-electron chi connectivity index (χ3n) is 6.97. The lowest BCUT2D eigenvalue weighted by Gasteiger charge is -2.37. The smallest absolute Gasteiger partial charge is 0.429 e. The van der Waals surface area contributed by atoms with Crippen LogP contribution in [0.1, 0.15) is 62.5 Å². The van der Waals surface area contributed by atoms with Gasteiger partial charge in [0, 0.05) is 18.1 Å². The highest BCUT2D eigenvalue weighted by atomic mass is 19.3. The molecular weight excluding hydrogens is 465 g/mol. The molecule has 4 rings (SSSR count). The molecule has 1 saturated heterocycles. The molecule has 0 spiro atoms. The van der Waals surface area contributed by atoms with Gasteiger partial charge in [0.25, 0.3) is 0 Å². The van der Waals surface area contributed by atoms with E-state index >= 15 is 0 Å². The standard InChI is InChI=1S/C25H25F7O2/c1-13-2-4-14(5-3-13)21-9-6-15(12-33-21)17-7-8-18(23(29)22(17)28)25(31,32)34-16-10-19(26)24(30)20(27)11-16/h7-8,10-11,13-15,21H,2-6,9,12H2,1H3. The van der Waals surface area contributed by atoms with Gasteiger partial charge in [-0.3, -0.25) is 0 Å². The molecule has 2 atom stereocenters. The summed E-state index contributed by atoms with van der Waals surface area (Å²) in [6, 6.07) is 2.11. The Labute approximate surface area is 193 Å². The topological polar surface area (TPSA) is 18.5 Å². The van der Waals surface area contributed by atoms with Gasteiger partial charge in [-0.1, -0.05) is 25.8 Å². The Bertz CT molecular complexity index is 1000. The van der Waals surface area contributed by atoms with Gasteiger partial charge in [0.1, 0.15) is 11.3 Å². The van der Waals surface area contributed by atoms with E-state index in [0.717, 1.165) is 31.7 Å². The van der Waals surface area contributed by atoms with Gasteiger partial charge >= 0.3 is 6.11 Å². The number of alkyl halides is 2. The molecule has 2 nitrogen and oxygen atoms in total. The largest absolute Gasteiger partial charge is 0.429 e. The third-order valence-corrected chi connectivity index (χ3v) is 6.97. The molecule has 0 amide bonds. The molecule has 0 N–H and O–H groups in total. The Morgan fingerprint density at radius 1 is 0.824 bits per heavy atom. The van der Waals surface area contributed by atoms with Gasteiger partial charge in [-0.2, -0.15) is 8.78 Å². The van der Waals surface area contributed by atoms with Crippen LogP contribution >= 0.6 is 0 Å². The first-order valence-electron chi connectivity index (χ1n) is 11.4. The molecule has 0 radical (unpaired) electrons. The van der Waals surface area contributed by atoms with Crippen molar-refractivity contribution in [2.24, 2.45) is 11.8 Å². The van der Waals surface area contributed by atoms with Crippen molar-refractivity contribution in [1.82, 2.24) is 0 Å². The Kier molecular flexibility index (Phi) is 7.12. The minimum atomic E-state index is -4.47. The number of halogens is 7. The summed E-state index contributed by atoms with van der Waals surface area (Å²) in [5, 5.41) is 0. The molecule has 0 bridgehead atoms. The van der Waals surface area contributed by atoms with Crippen LogP contribution in [0.4, 0.5) is 30.7 Å². The highest BCUT2D eigenvalue weighted by Crippen LogP contribution is 2.40. The van der Waals surface area contributed by atoms with Crippen LogP contribution in [0.3, 0.4) is 0 Å². The molecule has 186 valence electrons. The van der Waals surface area contributed by atoms with Crippen molar-refractivity contribution in [3.8, 4) is 5.75 Å². The summed E-state index contributed by atoms with van der Waals surface area (Å²) in [5.41, 5.74) is -1.52. The molecule has 0 aromatic heterocycles. The fourth-order valence-electron chi connectivity index (χ4n) is 4.95. The molecule has 2 aromatic carbocycles. The van der Waals surface area contributed by atoms with Crippen LogP contribution in [-0.4, -0.2) is 12.7 Å². The normalized spacial score (nSPS) is 25.9. The first-order valence-corrected chi connectivity index (χ1v) is 11.4. The van der Waals surface area contributed by atoms with Gasteiger partial charge in [-0.15, -0.1) is 0 Å². The van der Waals surface area contributed by atoms with E-state index in [-0.39, 0.29) is 30.4 Å². The van der Waals surface area contributed by atoms with E-state index in [0.29, 0.717) is 30.7 Å². The molecule has 1 aliphatic carbocycles. The minimum Gasteiger partial charge on any atom is -0.429 e. The van der Waals surface area contributed by atoms with E-state index in [1.165, 1.54) is 0 Å².